The van der Waals surface area contributed by atoms with Crippen LogP contribution in [0.15, 0.2) is 24.3 Å². The Kier molecular flexibility index (Phi) is 10.3. The summed E-state index contributed by atoms with van der Waals surface area (Å²) >= 11 is 0. The van der Waals surface area contributed by atoms with Crippen molar-refractivity contribution in [1.29, 1.82) is 0 Å². The molecule has 10 saturated heterocycles. The number of hydrogen-bond donors (Lipinski definition) is 0. The quantitative estimate of drug-likeness (QED) is 0.282. The van der Waals surface area contributed by atoms with Gasteiger partial charge in [-0.1, -0.05) is 20.1 Å². The third-order valence-corrected chi connectivity index (χ3v) is 13.7. The summed E-state index contributed by atoms with van der Waals surface area (Å²) in [5.41, 5.74) is 1.93. The topological polar surface area (TPSA) is 126 Å². The predicted octanol–water partition coefficient (Wildman–Crippen LogP) is 4.98. The number of alkyl halides is 3. The maximum Gasteiger partial charge on any atom is 0.449 e. The van der Waals surface area contributed by atoms with Crippen molar-refractivity contribution in [3.63, 3.8) is 0 Å². The number of carbonyl (C=O) groups excluding carboxylic acids is 2. The van der Waals surface area contributed by atoms with E-state index in [-0.39, 0.29) is 74.0 Å². The number of ether oxygens (including phenoxy) is 10. The fourth-order valence-corrected chi connectivity index (χ4v) is 10.9. The standard InChI is InChI=1S/C40H53F3O12/c1-18-13-21-5-7-24-19(2)14-23(47-24)11-12-39-17-29-35(54-39)36-37(52-29)38(55-39)33-26(51-36)8-6-22(49-33)15-31(45)53-34-28(16-27(48-21)20(18)3)50-25(32(34)46-4)9-10-30(44)40(41,42)43/h18,21-29,32-38H,2-3,5-17H2,1,4H3/t18-,21+,22-,23+,24+,25+,26+,27-,28+,29-,32+,33+,34+,35+,36?,37-,38+,39+/m1/s1. The molecule has 10 aliphatic heterocycles. The van der Waals surface area contributed by atoms with E-state index in [0.29, 0.717) is 25.7 Å². The van der Waals surface area contributed by atoms with Crippen LogP contribution in [0.25, 0.3) is 0 Å². The number of halogens is 3. The average molecular weight is 783 g/mol. The number of ketones is 1. The zero-order chi connectivity index (χ0) is 38.4. The zero-order valence-electron chi connectivity index (χ0n) is 31.5. The molecule has 12 nitrogen and oxygen atoms in total. The number of esters is 1. The Morgan fingerprint density at radius 1 is 0.782 bits per heavy atom. The van der Waals surface area contributed by atoms with E-state index in [9.17, 15) is 22.8 Å². The summed E-state index contributed by atoms with van der Waals surface area (Å²) in [5, 5.41) is 0. The fourth-order valence-electron chi connectivity index (χ4n) is 10.9. The highest BCUT2D eigenvalue weighted by Crippen LogP contribution is 2.54. The lowest BCUT2D eigenvalue weighted by molar-refractivity contribution is -0.293. The highest BCUT2D eigenvalue weighted by Gasteiger charge is 2.69. The number of fused-ring (bicyclic) bond motifs is 6. The molecule has 1 unspecified atom stereocenters. The van der Waals surface area contributed by atoms with E-state index in [0.717, 1.165) is 43.3 Å². The van der Waals surface area contributed by atoms with Crippen molar-refractivity contribution in [2.45, 2.75) is 200 Å². The molecule has 0 aromatic carbocycles. The monoisotopic (exact) mass is 782 g/mol. The van der Waals surface area contributed by atoms with Crippen LogP contribution < -0.4 is 0 Å². The van der Waals surface area contributed by atoms with Crippen molar-refractivity contribution in [1.82, 2.24) is 0 Å². The Balaban J connectivity index is 0.984. The van der Waals surface area contributed by atoms with E-state index in [2.05, 4.69) is 20.1 Å². The van der Waals surface area contributed by atoms with Gasteiger partial charge in [0, 0.05) is 32.8 Å². The zero-order valence-corrected chi connectivity index (χ0v) is 31.5. The van der Waals surface area contributed by atoms with Crippen molar-refractivity contribution < 1.29 is 70.1 Å². The van der Waals surface area contributed by atoms with Crippen LogP contribution >= 0.6 is 0 Å². The first kappa shape index (κ1) is 38.6. The van der Waals surface area contributed by atoms with Gasteiger partial charge >= 0.3 is 12.1 Å². The number of hydrogen-bond acceptors (Lipinski definition) is 12. The first-order valence-corrected chi connectivity index (χ1v) is 20.2. The second kappa shape index (κ2) is 14.7. The molecule has 0 aromatic heterocycles. The molecule has 12 bridgehead atoms. The number of methoxy groups -OCH3 is 1. The van der Waals surface area contributed by atoms with Crippen molar-refractivity contribution in [3.05, 3.63) is 24.3 Å². The minimum Gasteiger partial charge on any atom is -0.457 e. The van der Waals surface area contributed by atoms with Gasteiger partial charge in [-0.2, -0.15) is 13.2 Å². The van der Waals surface area contributed by atoms with Gasteiger partial charge in [0.15, 0.2) is 11.9 Å². The molecule has 0 N–H and O–H groups in total. The van der Waals surface area contributed by atoms with E-state index in [4.69, 9.17) is 47.4 Å². The van der Waals surface area contributed by atoms with Crippen molar-refractivity contribution in [2.75, 3.05) is 7.11 Å². The van der Waals surface area contributed by atoms with Crippen LogP contribution in [0.3, 0.4) is 0 Å². The van der Waals surface area contributed by atoms with Gasteiger partial charge in [0.2, 0.25) is 5.78 Å². The lowest BCUT2D eigenvalue weighted by Crippen LogP contribution is -2.61. The van der Waals surface area contributed by atoms with Crippen LogP contribution in [-0.2, 0) is 57.0 Å². The summed E-state index contributed by atoms with van der Waals surface area (Å²) in [4.78, 5) is 25.7. The largest absolute Gasteiger partial charge is 0.457 e. The highest BCUT2D eigenvalue weighted by molar-refractivity contribution is 5.83. The lowest BCUT2D eigenvalue weighted by Gasteiger charge is -2.47. The van der Waals surface area contributed by atoms with Crippen LogP contribution in [0.4, 0.5) is 13.2 Å². The molecule has 0 saturated carbocycles. The Hall–Kier alpha value is -1.95. The smallest absolute Gasteiger partial charge is 0.449 e. The van der Waals surface area contributed by atoms with Gasteiger partial charge < -0.3 is 47.4 Å². The third kappa shape index (κ3) is 7.26. The molecule has 306 valence electrons. The molecule has 10 rings (SSSR count). The minimum absolute atomic E-state index is 0.0249. The van der Waals surface area contributed by atoms with E-state index >= 15 is 0 Å². The molecule has 10 heterocycles. The minimum atomic E-state index is -4.97. The van der Waals surface area contributed by atoms with Gasteiger partial charge in [-0.05, 0) is 68.4 Å². The molecule has 55 heavy (non-hydrogen) atoms. The summed E-state index contributed by atoms with van der Waals surface area (Å²) in [7, 11) is 1.40. The van der Waals surface area contributed by atoms with Crippen LogP contribution in [0.2, 0.25) is 0 Å². The molecular weight excluding hydrogens is 729 g/mol. The van der Waals surface area contributed by atoms with Crippen LogP contribution in [-0.4, -0.2) is 128 Å². The van der Waals surface area contributed by atoms with Crippen LogP contribution in [0, 0.1) is 5.92 Å². The molecule has 0 aromatic rings. The van der Waals surface area contributed by atoms with Gasteiger partial charge in [0.05, 0.1) is 55.3 Å². The second-order valence-corrected chi connectivity index (χ2v) is 17.3. The van der Waals surface area contributed by atoms with E-state index in [1.807, 2.05) is 0 Å². The molecule has 0 radical (unpaired) electrons. The van der Waals surface area contributed by atoms with E-state index in [1.165, 1.54) is 7.11 Å². The molecule has 10 fully saturated rings. The van der Waals surface area contributed by atoms with Gasteiger partial charge in [-0.3, -0.25) is 9.59 Å². The number of rotatable bonds is 4. The highest BCUT2D eigenvalue weighted by atomic mass is 19.4. The van der Waals surface area contributed by atoms with Crippen molar-refractivity contribution in [2.24, 2.45) is 5.92 Å². The molecule has 10 aliphatic rings. The summed E-state index contributed by atoms with van der Waals surface area (Å²) in [5.74, 6) is -3.15. The maximum absolute atomic E-state index is 13.8. The number of carbonyl (C=O) groups is 2. The molecular formula is C40H53F3O12. The van der Waals surface area contributed by atoms with Crippen molar-refractivity contribution >= 4 is 11.8 Å². The van der Waals surface area contributed by atoms with Gasteiger partial charge in [-0.25, -0.2) is 0 Å². The van der Waals surface area contributed by atoms with Gasteiger partial charge in [-0.15, -0.1) is 0 Å². The predicted molar refractivity (Wildman–Crippen MR) is 184 cm³/mol. The van der Waals surface area contributed by atoms with Gasteiger partial charge in [0.25, 0.3) is 0 Å². The Morgan fingerprint density at radius 3 is 2.31 bits per heavy atom. The average Bonchev–Trinajstić information content (AvgIpc) is 3.81. The SMILES string of the molecule is C=C1C[C@@H]2CC[C@@]34C[C@H]5O[C@@H]6C(O[C@H]7CC[C@H](CC(=O)O[C@@H]8[C@@H](OC)[C@H](CCC(=O)C(F)(F)F)O[C@H]8C[C@H]8O[C@@H](CC[C@@H]1O2)C[C@@H](C)C8=C)O[C@@H]7[C@@H]6O3)[C@H]5O4. The first-order chi connectivity index (χ1) is 26.3. The normalized spacial score (nSPS) is 49.7. The summed E-state index contributed by atoms with van der Waals surface area (Å²) in [6, 6.07) is 0. The lowest BCUT2D eigenvalue weighted by atomic mass is 9.84. The summed E-state index contributed by atoms with van der Waals surface area (Å²) in [6.45, 7) is 10.8. The maximum atomic E-state index is 13.8. The molecule has 1 spiro atoms. The second-order valence-electron chi connectivity index (χ2n) is 17.3. The van der Waals surface area contributed by atoms with Crippen molar-refractivity contribution in [3.8, 4) is 0 Å². The summed E-state index contributed by atoms with van der Waals surface area (Å²) in [6.07, 6.45) is -6.79. The molecule has 15 heteroatoms. The van der Waals surface area contributed by atoms with Crippen LogP contribution in [0.5, 0.6) is 0 Å². The first-order valence-electron chi connectivity index (χ1n) is 20.2. The third-order valence-electron chi connectivity index (χ3n) is 13.7. The summed E-state index contributed by atoms with van der Waals surface area (Å²) < 4.78 is 104. The van der Waals surface area contributed by atoms with Crippen LogP contribution in [0.1, 0.15) is 90.4 Å². The Labute approximate surface area is 318 Å². The van der Waals surface area contributed by atoms with Gasteiger partial charge in [0.1, 0.15) is 42.7 Å². The Bertz CT molecular complexity index is 1520. The molecule has 18 atom stereocenters. The number of Topliss-reactive ketones (excluding diaryl/α,β-unsaturated/α-hetero) is 1. The Morgan fingerprint density at radius 2 is 1.51 bits per heavy atom. The van der Waals surface area contributed by atoms with E-state index < -0.39 is 79.0 Å². The molecule has 0 aliphatic carbocycles. The van der Waals surface area contributed by atoms with E-state index in [1.54, 1.807) is 0 Å². The fraction of sp³-hybridized carbons (Fsp3) is 0.850. The molecule has 0 amide bonds.